The van der Waals surface area contributed by atoms with Gasteiger partial charge in [-0.2, -0.15) is 5.10 Å². The van der Waals surface area contributed by atoms with E-state index in [-0.39, 0.29) is 11.5 Å². The number of hydrogen-bond acceptors (Lipinski definition) is 7. The third-order valence-corrected chi connectivity index (χ3v) is 8.44. The number of carbonyl (C=O) groups excluding carboxylic acids is 1. The molecule has 1 aliphatic carbocycles. The van der Waals surface area contributed by atoms with Gasteiger partial charge in [0.1, 0.15) is 21.3 Å². The van der Waals surface area contributed by atoms with Crippen molar-refractivity contribution in [3.63, 3.8) is 0 Å². The third-order valence-electron chi connectivity index (χ3n) is 7.30. The van der Waals surface area contributed by atoms with Crippen molar-refractivity contribution in [3.05, 3.63) is 58.9 Å². The molecule has 5 aromatic rings. The van der Waals surface area contributed by atoms with Gasteiger partial charge in [0.05, 0.1) is 16.0 Å². The molecular formula is C25H23N7O2S. The SMILES string of the molecule is O=C(NCCN1CCC2(CC2)C1)c1cnc2c(c1)[nH]c(=O)c1c2nn2cc(-c3cccnc3)sc12. The predicted molar refractivity (Wildman–Crippen MR) is 135 cm³/mol. The molecule has 0 radical (unpaired) electrons. The molecule has 6 heterocycles. The number of amides is 1. The Labute approximate surface area is 203 Å². The zero-order valence-corrected chi connectivity index (χ0v) is 19.8. The highest BCUT2D eigenvalue weighted by molar-refractivity contribution is 7.21. The van der Waals surface area contributed by atoms with Gasteiger partial charge < -0.3 is 15.2 Å². The van der Waals surface area contributed by atoms with Gasteiger partial charge in [-0.1, -0.05) is 6.07 Å². The Bertz CT molecular complexity index is 1670. The molecule has 9 nitrogen and oxygen atoms in total. The van der Waals surface area contributed by atoms with Crippen molar-refractivity contribution >= 4 is 44.0 Å². The topological polar surface area (TPSA) is 108 Å². The van der Waals surface area contributed by atoms with E-state index >= 15 is 0 Å². The molecule has 0 unspecified atom stereocenters. The molecule has 1 saturated carbocycles. The Morgan fingerprint density at radius 1 is 1.23 bits per heavy atom. The number of fused-ring (bicyclic) bond motifs is 5. The Kier molecular flexibility index (Phi) is 4.55. The monoisotopic (exact) mass is 485 g/mol. The maximum atomic E-state index is 13.0. The van der Waals surface area contributed by atoms with Crippen LogP contribution in [0.5, 0.6) is 0 Å². The van der Waals surface area contributed by atoms with Gasteiger partial charge in [0.15, 0.2) is 0 Å². The number of H-pyrrole nitrogens is 1. The maximum absolute atomic E-state index is 13.0. The number of thiazole rings is 1. The molecule has 1 saturated heterocycles. The number of rotatable bonds is 5. The molecule has 10 heteroatoms. The second-order valence-corrected chi connectivity index (χ2v) is 10.7. The van der Waals surface area contributed by atoms with Crippen LogP contribution in [0.25, 0.3) is 37.2 Å². The number of pyridine rings is 3. The highest BCUT2D eigenvalue weighted by Gasteiger charge is 2.47. The van der Waals surface area contributed by atoms with Crippen molar-refractivity contribution < 1.29 is 4.79 Å². The molecule has 0 atom stereocenters. The standard InChI is InChI=1S/C25H23N7O2S/c33-22(27-7-9-31-8-5-25(14-31)3-4-25)16-10-17-20(28-12-16)21-19(23(34)29-17)24-32(30-21)13-18(35-24)15-2-1-6-26-11-15/h1-2,6,10-13H,3-5,7-9,14H2,(H,27,33)(H,29,34). The van der Waals surface area contributed by atoms with Crippen LogP contribution in [-0.4, -0.2) is 61.6 Å². The maximum Gasteiger partial charge on any atom is 0.261 e. The van der Waals surface area contributed by atoms with Crippen LogP contribution in [0.15, 0.2) is 47.8 Å². The van der Waals surface area contributed by atoms with Crippen LogP contribution in [0.3, 0.4) is 0 Å². The molecule has 7 rings (SSSR count). The second kappa shape index (κ2) is 7.69. The lowest BCUT2D eigenvalue weighted by atomic mass is 10.1. The molecule has 0 aromatic carbocycles. The molecule has 1 amide bonds. The van der Waals surface area contributed by atoms with E-state index in [4.69, 9.17) is 0 Å². The fourth-order valence-electron chi connectivity index (χ4n) is 5.15. The van der Waals surface area contributed by atoms with Crippen molar-refractivity contribution in [3.8, 4) is 10.4 Å². The molecule has 2 N–H and O–H groups in total. The molecular weight excluding hydrogens is 462 g/mol. The number of likely N-dealkylation sites (tertiary alicyclic amines) is 1. The van der Waals surface area contributed by atoms with Gasteiger partial charge >= 0.3 is 0 Å². The lowest BCUT2D eigenvalue weighted by molar-refractivity contribution is 0.0949. The third kappa shape index (κ3) is 3.52. The van der Waals surface area contributed by atoms with Crippen LogP contribution in [0, 0.1) is 5.41 Å². The summed E-state index contributed by atoms with van der Waals surface area (Å²) in [5.74, 6) is -0.187. The van der Waals surface area contributed by atoms with Gasteiger partial charge in [-0.15, -0.1) is 11.3 Å². The van der Waals surface area contributed by atoms with Crippen LogP contribution in [-0.2, 0) is 0 Å². The summed E-state index contributed by atoms with van der Waals surface area (Å²) in [6.07, 6.45) is 11.0. The van der Waals surface area contributed by atoms with Gasteiger partial charge in [-0.25, -0.2) is 4.52 Å². The Morgan fingerprint density at radius 2 is 2.14 bits per heavy atom. The average Bonchev–Trinajstić information content (AvgIpc) is 3.16. The average molecular weight is 486 g/mol. The Hall–Kier alpha value is -3.63. The summed E-state index contributed by atoms with van der Waals surface area (Å²) in [4.78, 5) is 41.5. The number of aromatic nitrogens is 5. The van der Waals surface area contributed by atoms with Gasteiger partial charge in [0, 0.05) is 50.0 Å². The van der Waals surface area contributed by atoms with Crippen molar-refractivity contribution in [2.24, 2.45) is 5.41 Å². The highest BCUT2D eigenvalue weighted by atomic mass is 32.1. The van der Waals surface area contributed by atoms with Gasteiger partial charge in [0.25, 0.3) is 11.5 Å². The first kappa shape index (κ1) is 20.7. The largest absolute Gasteiger partial charge is 0.351 e. The zero-order valence-electron chi connectivity index (χ0n) is 19.0. The fourth-order valence-corrected chi connectivity index (χ4v) is 6.23. The van der Waals surface area contributed by atoms with Crippen LogP contribution in [0.4, 0.5) is 0 Å². The number of nitrogens with zero attached hydrogens (tertiary/aromatic N) is 5. The van der Waals surface area contributed by atoms with Crippen LogP contribution < -0.4 is 10.9 Å². The van der Waals surface area contributed by atoms with Crippen molar-refractivity contribution in [2.45, 2.75) is 19.3 Å². The number of nitrogens with one attached hydrogen (secondary N) is 2. The molecule has 35 heavy (non-hydrogen) atoms. The minimum atomic E-state index is -0.246. The highest BCUT2D eigenvalue weighted by Crippen LogP contribution is 2.52. The zero-order chi connectivity index (χ0) is 23.6. The first-order chi connectivity index (χ1) is 17.1. The molecule has 0 bridgehead atoms. The van der Waals surface area contributed by atoms with Crippen LogP contribution in [0.1, 0.15) is 29.6 Å². The second-order valence-electron chi connectivity index (χ2n) is 9.67. The summed E-state index contributed by atoms with van der Waals surface area (Å²) in [6, 6.07) is 5.54. The molecule has 2 aliphatic rings. The first-order valence-corrected chi connectivity index (χ1v) is 12.7. The molecule has 176 valence electrons. The van der Waals surface area contributed by atoms with Crippen molar-refractivity contribution in [1.82, 2.24) is 34.8 Å². The molecule has 2 fully saturated rings. The lowest BCUT2D eigenvalue weighted by Crippen LogP contribution is -2.34. The van der Waals surface area contributed by atoms with E-state index < -0.39 is 0 Å². The lowest BCUT2D eigenvalue weighted by Gasteiger charge is -2.16. The van der Waals surface area contributed by atoms with E-state index in [1.165, 1.54) is 30.6 Å². The van der Waals surface area contributed by atoms with E-state index in [1.54, 1.807) is 29.2 Å². The summed E-state index contributed by atoms with van der Waals surface area (Å²) in [6.45, 7) is 3.73. The van der Waals surface area contributed by atoms with Gasteiger partial charge in [-0.05, 0) is 43.4 Å². The summed E-state index contributed by atoms with van der Waals surface area (Å²) >= 11 is 1.49. The molecule has 1 aliphatic heterocycles. The minimum absolute atomic E-state index is 0.187. The smallest absolute Gasteiger partial charge is 0.261 e. The number of aromatic amines is 1. The first-order valence-electron chi connectivity index (χ1n) is 11.8. The normalized spacial score (nSPS) is 17.1. The minimum Gasteiger partial charge on any atom is -0.351 e. The molecule has 5 aromatic heterocycles. The number of carbonyl (C=O) groups is 1. The van der Waals surface area contributed by atoms with Crippen LogP contribution in [0.2, 0.25) is 0 Å². The summed E-state index contributed by atoms with van der Waals surface area (Å²) in [5, 5.41) is 8.15. The number of hydrogen-bond donors (Lipinski definition) is 2. The Morgan fingerprint density at radius 3 is 2.94 bits per heavy atom. The summed E-state index contributed by atoms with van der Waals surface area (Å²) in [5.41, 5.74) is 3.34. The van der Waals surface area contributed by atoms with E-state index in [0.717, 1.165) is 34.9 Å². The fraction of sp³-hybridized carbons (Fsp3) is 0.320. The quantitative estimate of drug-likeness (QED) is 0.396. The summed E-state index contributed by atoms with van der Waals surface area (Å²) < 4.78 is 1.72. The van der Waals surface area contributed by atoms with E-state index in [0.29, 0.717) is 39.5 Å². The Balaban J connectivity index is 1.15. The van der Waals surface area contributed by atoms with E-state index in [9.17, 15) is 9.59 Å². The molecule has 1 spiro atoms. The predicted octanol–water partition coefficient (Wildman–Crippen LogP) is 3.06. The van der Waals surface area contributed by atoms with Crippen LogP contribution >= 0.6 is 11.3 Å². The summed E-state index contributed by atoms with van der Waals surface area (Å²) in [7, 11) is 0. The van der Waals surface area contributed by atoms with E-state index in [2.05, 4.69) is 30.3 Å². The van der Waals surface area contributed by atoms with Gasteiger partial charge in [0.2, 0.25) is 0 Å². The van der Waals surface area contributed by atoms with Gasteiger partial charge in [-0.3, -0.25) is 19.6 Å². The van der Waals surface area contributed by atoms with Crippen molar-refractivity contribution in [2.75, 3.05) is 26.2 Å². The van der Waals surface area contributed by atoms with Crippen molar-refractivity contribution in [1.29, 1.82) is 0 Å². The van der Waals surface area contributed by atoms with E-state index in [1.807, 2.05) is 18.3 Å².